The van der Waals surface area contributed by atoms with E-state index in [-0.39, 0.29) is 18.0 Å². The van der Waals surface area contributed by atoms with E-state index >= 15 is 0 Å². The Morgan fingerprint density at radius 1 is 1.40 bits per heavy atom. The fraction of sp³-hybridized carbons (Fsp3) is 0.615. The molecule has 0 aromatic carbocycles. The number of carbonyl (C=O) groups is 2. The van der Waals surface area contributed by atoms with E-state index in [4.69, 9.17) is 5.11 Å². The van der Waals surface area contributed by atoms with Gasteiger partial charge in [-0.25, -0.2) is 4.79 Å². The molecule has 110 valence electrons. The highest BCUT2D eigenvalue weighted by Gasteiger charge is 2.27. The molecule has 1 saturated carbocycles. The summed E-state index contributed by atoms with van der Waals surface area (Å²) in [5, 5.41) is 18.6. The number of carbonyl (C=O) groups excluding carboxylic acids is 1. The van der Waals surface area contributed by atoms with E-state index in [9.17, 15) is 9.59 Å². The van der Waals surface area contributed by atoms with Gasteiger partial charge in [0.1, 0.15) is 0 Å². The van der Waals surface area contributed by atoms with E-state index < -0.39 is 5.97 Å². The first-order chi connectivity index (χ1) is 9.65. The Hall–Kier alpha value is -2.05. The summed E-state index contributed by atoms with van der Waals surface area (Å²) in [6.45, 7) is 1.10. The molecule has 0 aliphatic heterocycles. The molecule has 2 atom stereocenters. The summed E-state index contributed by atoms with van der Waals surface area (Å²) in [6, 6.07) is 1.54. The van der Waals surface area contributed by atoms with Crippen LogP contribution in [0.1, 0.15) is 25.7 Å². The van der Waals surface area contributed by atoms with Gasteiger partial charge in [-0.05, 0) is 25.3 Å². The van der Waals surface area contributed by atoms with Crippen LogP contribution in [0.15, 0.2) is 18.5 Å². The number of aromatic nitrogens is 2. The molecule has 1 fully saturated rings. The van der Waals surface area contributed by atoms with Crippen LogP contribution in [-0.4, -0.2) is 39.5 Å². The van der Waals surface area contributed by atoms with Gasteiger partial charge in [-0.15, -0.1) is 0 Å². The number of amides is 2. The minimum Gasteiger partial charge on any atom is -0.481 e. The second-order valence-electron chi connectivity index (χ2n) is 5.07. The maximum Gasteiger partial charge on any atom is 0.315 e. The molecule has 7 nitrogen and oxygen atoms in total. The second-order valence-corrected chi connectivity index (χ2v) is 5.07. The van der Waals surface area contributed by atoms with Crippen LogP contribution < -0.4 is 10.6 Å². The zero-order valence-electron chi connectivity index (χ0n) is 11.3. The molecule has 2 rings (SSSR count). The normalized spacial score (nSPS) is 22.2. The average Bonchev–Trinajstić information content (AvgIpc) is 2.92. The van der Waals surface area contributed by atoms with Gasteiger partial charge < -0.3 is 15.7 Å². The quantitative estimate of drug-likeness (QED) is 0.744. The van der Waals surface area contributed by atoms with Gasteiger partial charge in [-0.2, -0.15) is 5.10 Å². The molecule has 1 aliphatic carbocycles. The van der Waals surface area contributed by atoms with E-state index in [1.165, 1.54) is 0 Å². The van der Waals surface area contributed by atoms with Gasteiger partial charge in [0.15, 0.2) is 0 Å². The van der Waals surface area contributed by atoms with Crippen LogP contribution >= 0.6 is 0 Å². The number of carboxylic acid groups (broad SMARTS) is 1. The maximum atomic E-state index is 11.7. The summed E-state index contributed by atoms with van der Waals surface area (Å²) in [5.74, 6) is -1.10. The largest absolute Gasteiger partial charge is 0.481 e. The van der Waals surface area contributed by atoms with Crippen molar-refractivity contribution in [3.8, 4) is 0 Å². The summed E-state index contributed by atoms with van der Waals surface area (Å²) in [6.07, 6.45) is 6.42. The van der Waals surface area contributed by atoms with Crippen molar-refractivity contribution in [2.75, 3.05) is 6.54 Å². The smallest absolute Gasteiger partial charge is 0.315 e. The SMILES string of the molecule is O=C(NCCn1cccn1)NC1CCCC(C(=O)O)C1. The first-order valence-electron chi connectivity index (χ1n) is 6.90. The second kappa shape index (κ2) is 6.93. The van der Waals surface area contributed by atoms with Gasteiger partial charge in [-0.3, -0.25) is 9.48 Å². The van der Waals surface area contributed by atoms with Crippen molar-refractivity contribution < 1.29 is 14.7 Å². The van der Waals surface area contributed by atoms with E-state index in [0.717, 1.165) is 12.8 Å². The number of aliphatic carboxylic acids is 1. The Morgan fingerprint density at radius 2 is 2.25 bits per heavy atom. The molecule has 7 heteroatoms. The molecule has 2 amide bonds. The van der Waals surface area contributed by atoms with E-state index in [1.807, 2.05) is 12.3 Å². The first kappa shape index (κ1) is 14.4. The first-order valence-corrected chi connectivity index (χ1v) is 6.90. The van der Waals surface area contributed by atoms with Crippen LogP contribution in [0.25, 0.3) is 0 Å². The lowest BCUT2D eigenvalue weighted by molar-refractivity contribution is -0.143. The zero-order valence-corrected chi connectivity index (χ0v) is 11.3. The molecule has 0 radical (unpaired) electrons. The van der Waals surface area contributed by atoms with Crippen molar-refractivity contribution in [3.63, 3.8) is 0 Å². The number of hydrogen-bond acceptors (Lipinski definition) is 3. The molecule has 20 heavy (non-hydrogen) atoms. The highest BCUT2D eigenvalue weighted by molar-refractivity contribution is 5.74. The molecule has 1 aromatic rings. The monoisotopic (exact) mass is 280 g/mol. The highest BCUT2D eigenvalue weighted by atomic mass is 16.4. The molecular formula is C13H20N4O3. The van der Waals surface area contributed by atoms with Crippen molar-refractivity contribution >= 4 is 12.0 Å². The minimum atomic E-state index is -0.768. The predicted molar refractivity (Wildman–Crippen MR) is 72.1 cm³/mol. The topological polar surface area (TPSA) is 96.3 Å². The molecule has 1 aliphatic rings. The fourth-order valence-corrected chi connectivity index (χ4v) is 2.50. The van der Waals surface area contributed by atoms with Crippen LogP contribution in [-0.2, 0) is 11.3 Å². The standard InChI is InChI=1S/C13H20N4O3/c18-12(19)10-3-1-4-11(9-10)16-13(20)14-6-8-17-7-2-5-15-17/h2,5,7,10-11H,1,3-4,6,8-9H2,(H,18,19)(H2,14,16,20). The third-order valence-corrected chi connectivity index (χ3v) is 3.54. The third-order valence-electron chi connectivity index (χ3n) is 3.54. The number of nitrogens with zero attached hydrogens (tertiary/aromatic N) is 2. The molecule has 0 spiro atoms. The zero-order chi connectivity index (χ0) is 14.4. The highest BCUT2D eigenvalue weighted by Crippen LogP contribution is 2.24. The molecule has 0 saturated heterocycles. The van der Waals surface area contributed by atoms with E-state index in [1.54, 1.807) is 10.9 Å². The Labute approximate surface area is 117 Å². The average molecular weight is 280 g/mol. The summed E-state index contributed by atoms with van der Waals surface area (Å²) in [4.78, 5) is 22.7. The minimum absolute atomic E-state index is 0.0467. The maximum absolute atomic E-state index is 11.7. The fourth-order valence-electron chi connectivity index (χ4n) is 2.50. The Kier molecular flexibility index (Phi) is 4.97. The Bertz CT molecular complexity index is 446. The number of rotatable bonds is 5. The lowest BCUT2D eigenvalue weighted by Crippen LogP contribution is -2.45. The van der Waals surface area contributed by atoms with Crippen molar-refractivity contribution in [2.24, 2.45) is 5.92 Å². The summed E-state index contributed by atoms with van der Waals surface area (Å²) in [5.41, 5.74) is 0. The van der Waals surface area contributed by atoms with Gasteiger partial charge >= 0.3 is 12.0 Å². The molecule has 1 aromatic heterocycles. The van der Waals surface area contributed by atoms with Crippen LogP contribution in [0.5, 0.6) is 0 Å². The molecule has 2 unspecified atom stereocenters. The van der Waals surface area contributed by atoms with Crippen LogP contribution in [0.4, 0.5) is 4.79 Å². The van der Waals surface area contributed by atoms with Crippen molar-refractivity contribution in [2.45, 2.75) is 38.3 Å². The van der Waals surface area contributed by atoms with Gasteiger partial charge in [0.2, 0.25) is 0 Å². The van der Waals surface area contributed by atoms with Gasteiger partial charge in [0, 0.05) is 25.0 Å². The Balaban J connectivity index is 1.67. The molecule has 0 bridgehead atoms. The summed E-state index contributed by atoms with van der Waals surface area (Å²) in [7, 11) is 0. The van der Waals surface area contributed by atoms with Crippen LogP contribution in [0, 0.1) is 5.92 Å². The van der Waals surface area contributed by atoms with E-state index in [2.05, 4.69) is 15.7 Å². The summed E-state index contributed by atoms with van der Waals surface area (Å²) >= 11 is 0. The van der Waals surface area contributed by atoms with Crippen molar-refractivity contribution in [3.05, 3.63) is 18.5 Å². The lowest BCUT2D eigenvalue weighted by atomic mass is 9.86. The van der Waals surface area contributed by atoms with Gasteiger partial charge in [0.25, 0.3) is 0 Å². The van der Waals surface area contributed by atoms with E-state index in [0.29, 0.717) is 25.9 Å². The van der Waals surface area contributed by atoms with Crippen molar-refractivity contribution in [1.82, 2.24) is 20.4 Å². The van der Waals surface area contributed by atoms with Crippen LogP contribution in [0.3, 0.4) is 0 Å². The Morgan fingerprint density at radius 3 is 2.95 bits per heavy atom. The molecular weight excluding hydrogens is 260 g/mol. The number of urea groups is 1. The molecule has 1 heterocycles. The third kappa shape index (κ3) is 4.25. The van der Waals surface area contributed by atoms with Gasteiger partial charge in [0.05, 0.1) is 12.5 Å². The van der Waals surface area contributed by atoms with Crippen molar-refractivity contribution in [1.29, 1.82) is 0 Å². The lowest BCUT2D eigenvalue weighted by Gasteiger charge is -2.27. The number of carboxylic acids is 1. The number of nitrogens with one attached hydrogen (secondary N) is 2. The number of hydrogen-bond donors (Lipinski definition) is 3. The predicted octanol–water partition coefficient (Wildman–Crippen LogP) is 0.826. The summed E-state index contributed by atoms with van der Waals surface area (Å²) < 4.78 is 1.74. The van der Waals surface area contributed by atoms with Crippen LogP contribution in [0.2, 0.25) is 0 Å². The van der Waals surface area contributed by atoms with Gasteiger partial charge in [-0.1, -0.05) is 6.42 Å². The molecule has 3 N–H and O–H groups in total.